The fraction of sp³-hybridized carbons (Fsp3) is 0.846. The first-order valence-electron chi connectivity index (χ1n) is 7.11. The van der Waals surface area contributed by atoms with Crippen molar-refractivity contribution < 1.29 is 14.7 Å². The van der Waals surface area contributed by atoms with Crippen LogP contribution in [-0.4, -0.2) is 88.1 Å². The number of carbonyl (C=O) groups is 2. The number of aliphatic carboxylic acids is 1. The predicted molar refractivity (Wildman–Crippen MR) is 79.1 cm³/mol. The van der Waals surface area contributed by atoms with Crippen LogP contribution in [-0.2, 0) is 4.79 Å². The quantitative estimate of drug-likeness (QED) is 0.811. The van der Waals surface area contributed by atoms with Crippen molar-refractivity contribution in [3.05, 3.63) is 0 Å². The van der Waals surface area contributed by atoms with Crippen LogP contribution in [0.15, 0.2) is 0 Å². The molecule has 114 valence electrons. The van der Waals surface area contributed by atoms with Crippen LogP contribution < -0.4 is 0 Å². The Bertz CT molecular complexity index is 372. The second kappa shape index (κ2) is 6.67. The van der Waals surface area contributed by atoms with Crippen molar-refractivity contribution in [1.82, 2.24) is 14.7 Å². The molecule has 6 nitrogen and oxygen atoms in total. The van der Waals surface area contributed by atoms with Crippen LogP contribution in [0.1, 0.15) is 13.8 Å². The monoisotopic (exact) mass is 301 g/mol. The van der Waals surface area contributed by atoms with E-state index >= 15 is 0 Å². The van der Waals surface area contributed by atoms with Gasteiger partial charge in [-0.25, -0.2) is 4.79 Å². The summed E-state index contributed by atoms with van der Waals surface area (Å²) in [5.74, 6) is 0.204. The molecule has 2 aliphatic heterocycles. The van der Waals surface area contributed by atoms with Crippen LogP contribution in [0, 0.1) is 0 Å². The minimum atomic E-state index is -0.799. The van der Waals surface area contributed by atoms with Gasteiger partial charge in [-0.1, -0.05) is 6.92 Å². The van der Waals surface area contributed by atoms with Crippen LogP contribution >= 0.6 is 11.8 Å². The SMILES string of the molecule is CC1CN(C(=O)N2CCN(C(C)C(=O)O)CC2)CCS1. The molecule has 0 aromatic heterocycles. The summed E-state index contributed by atoms with van der Waals surface area (Å²) in [5, 5.41) is 9.51. The number of hydrogen-bond donors (Lipinski definition) is 1. The highest BCUT2D eigenvalue weighted by atomic mass is 32.2. The number of hydrogen-bond acceptors (Lipinski definition) is 4. The third kappa shape index (κ3) is 3.58. The van der Waals surface area contributed by atoms with Crippen molar-refractivity contribution >= 4 is 23.8 Å². The van der Waals surface area contributed by atoms with E-state index in [2.05, 4.69) is 6.92 Å². The van der Waals surface area contributed by atoms with Gasteiger partial charge >= 0.3 is 12.0 Å². The standard InChI is InChI=1S/C13H23N3O3S/c1-10-9-16(7-8-20-10)13(19)15-5-3-14(4-6-15)11(2)12(17)18/h10-11H,3-9H2,1-2H3,(H,17,18). The van der Waals surface area contributed by atoms with Gasteiger partial charge in [0.25, 0.3) is 0 Å². The minimum Gasteiger partial charge on any atom is -0.480 e. The molecule has 0 aliphatic carbocycles. The molecule has 0 spiro atoms. The summed E-state index contributed by atoms with van der Waals surface area (Å²) in [6, 6.07) is -0.363. The first-order valence-corrected chi connectivity index (χ1v) is 8.16. The average Bonchev–Trinajstić information content (AvgIpc) is 2.46. The molecule has 2 heterocycles. The Hall–Kier alpha value is -0.950. The van der Waals surface area contributed by atoms with Crippen molar-refractivity contribution in [2.45, 2.75) is 25.1 Å². The van der Waals surface area contributed by atoms with Crippen LogP contribution in [0.25, 0.3) is 0 Å². The molecule has 0 aromatic carbocycles. The van der Waals surface area contributed by atoms with E-state index in [4.69, 9.17) is 5.11 Å². The molecule has 0 radical (unpaired) electrons. The molecule has 2 saturated heterocycles. The first kappa shape index (κ1) is 15.4. The number of urea groups is 1. The van der Waals surface area contributed by atoms with Crippen molar-refractivity contribution in [2.75, 3.05) is 45.0 Å². The van der Waals surface area contributed by atoms with Crippen LogP contribution in [0.2, 0.25) is 0 Å². The number of rotatable bonds is 2. The van der Waals surface area contributed by atoms with Crippen LogP contribution in [0.5, 0.6) is 0 Å². The molecular weight excluding hydrogens is 278 g/mol. The Balaban J connectivity index is 1.84. The number of carboxylic acid groups (broad SMARTS) is 1. The highest BCUT2D eigenvalue weighted by molar-refractivity contribution is 7.99. The van der Waals surface area contributed by atoms with Crippen molar-refractivity contribution in [2.24, 2.45) is 0 Å². The molecule has 1 N–H and O–H groups in total. The maximum absolute atomic E-state index is 12.4. The topological polar surface area (TPSA) is 64.1 Å². The summed E-state index contributed by atoms with van der Waals surface area (Å²) < 4.78 is 0. The average molecular weight is 301 g/mol. The van der Waals surface area contributed by atoms with E-state index in [1.165, 1.54) is 0 Å². The van der Waals surface area contributed by atoms with E-state index in [1.54, 1.807) is 6.92 Å². The van der Waals surface area contributed by atoms with Gasteiger partial charge < -0.3 is 14.9 Å². The number of carboxylic acids is 1. The summed E-state index contributed by atoms with van der Waals surface area (Å²) in [4.78, 5) is 29.1. The maximum atomic E-state index is 12.4. The van der Waals surface area contributed by atoms with Gasteiger partial charge in [-0.05, 0) is 6.92 Å². The largest absolute Gasteiger partial charge is 0.480 e. The zero-order chi connectivity index (χ0) is 14.7. The third-order valence-electron chi connectivity index (χ3n) is 4.00. The first-order chi connectivity index (χ1) is 9.49. The number of nitrogens with zero attached hydrogens (tertiary/aromatic N) is 3. The summed E-state index contributed by atoms with van der Waals surface area (Å²) in [6.45, 7) is 7.99. The van der Waals surface area contributed by atoms with Gasteiger partial charge in [0.15, 0.2) is 0 Å². The number of amides is 2. The number of carbonyl (C=O) groups excluding carboxylic acids is 1. The Morgan fingerprint density at radius 1 is 1.15 bits per heavy atom. The van der Waals surface area contributed by atoms with Gasteiger partial charge in [-0.3, -0.25) is 9.69 Å². The lowest BCUT2D eigenvalue weighted by atomic mass is 10.2. The lowest BCUT2D eigenvalue weighted by Gasteiger charge is -2.40. The third-order valence-corrected chi connectivity index (χ3v) is 5.14. The van der Waals surface area contributed by atoms with E-state index in [0.29, 0.717) is 31.4 Å². The van der Waals surface area contributed by atoms with Gasteiger partial charge in [0, 0.05) is 50.3 Å². The summed E-state index contributed by atoms with van der Waals surface area (Å²) in [5.41, 5.74) is 0. The fourth-order valence-electron chi connectivity index (χ4n) is 2.65. The zero-order valence-corrected chi connectivity index (χ0v) is 12.9. The molecular formula is C13H23N3O3S. The fourth-order valence-corrected chi connectivity index (χ4v) is 3.66. The van der Waals surface area contributed by atoms with Crippen LogP contribution in [0.3, 0.4) is 0 Å². The van der Waals surface area contributed by atoms with Crippen molar-refractivity contribution in [3.63, 3.8) is 0 Å². The van der Waals surface area contributed by atoms with E-state index in [9.17, 15) is 9.59 Å². The van der Waals surface area contributed by atoms with Gasteiger partial charge in [-0.2, -0.15) is 11.8 Å². The molecule has 2 unspecified atom stereocenters. The summed E-state index contributed by atoms with van der Waals surface area (Å²) in [6.07, 6.45) is 0. The zero-order valence-electron chi connectivity index (χ0n) is 12.1. The van der Waals surface area contributed by atoms with E-state index in [-0.39, 0.29) is 6.03 Å². The molecule has 2 aliphatic rings. The molecule has 0 saturated carbocycles. The molecule has 20 heavy (non-hydrogen) atoms. The second-order valence-corrected chi connectivity index (χ2v) is 6.99. The number of thioether (sulfide) groups is 1. The molecule has 2 fully saturated rings. The van der Waals surface area contributed by atoms with Gasteiger partial charge in [0.1, 0.15) is 6.04 Å². The minimum absolute atomic E-state index is 0.111. The van der Waals surface area contributed by atoms with Crippen molar-refractivity contribution in [1.29, 1.82) is 0 Å². The molecule has 2 rings (SSSR count). The predicted octanol–water partition coefficient (Wildman–Crippen LogP) is 0.634. The Labute approximate surface area is 124 Å². The second-order valence-electron chi connectivity index (χ2n) is 5.45. The van der Waals surface area contributed by atoms with E-state index in [0.717, 1.165) is 18.8 Å². The number of piperazine rings is 1. The smallest absolute Gasteiger partial charge is 0.320 e. The molecule has 0 aromatic rings. The molecule has 7 heteroatoms. The highest BCUT2D eigenvalue weighted by Crippen LogP contribution is 2.19. The van der Waals surface area contributed by atoms with Gasteiger partial charge in [0.05, 0.1) is 0 Å². The Kier molecular flexibility index (Phi) is 5.15. The summed E-state index contributed by atoms with van der Waals surface area (Å²) in [7, 11) is 0. The van der Waals surface area contributed by atoms with E-state index < -0.39 is 12.0 Å². The van der Waals surface area contributed by atoms with Crippen LogP contribution in [0.4, 0.5) is 4.79 Å². The highest BCUT2D eigenvalue weighted by Gasteiger charge is 2.30. The van der Waals surface area contributed by atoms with Gasteiger partial charge in [-0.15, -0.1) is 0 Å². The maximum Gasteiger partial charge on any atom is 0.320 e. The molecule has 0 bridgehead atoms. The van der Waals surface area contributed by atoms with E-state index in [1.807, 2.05) is 26.5 Å². The Morgan fingerprint density at radius 3 is 2.35 bits per heavy atom. The summed E-state index contributed by atoms with van der Waals surface area (Å²) >= 11 is 1.91. The normalized spacial score (nSPS) is 26.4. The lowest BCUT2D eigenvalue weighted by Crippen LogP contribution is -2.57. The Morgan fingerprint density at radius 2 is 1.80 bits per heavy atom. The van der Waals surface area contributed by atoms with Crippen molar-refractivity contribution in [3.8, 4) is 0 Å². The molecule has 2 amide bonds. The van der Waals surface area contributed by atoms with Gasteiger partial charge in [0.2, 0.25) is 0 Å². The molecule has 2 atom stereocenters. The lowest BCUT2D eigenvalue weighted by molar-refractivity contribution is -0.143.